The van der Waals surface area contributed by atoms with E-state index in [1.54, 1.807) is 24.5 Å². The van der Waals surface area contributed by atoms with Crippen molar-refractivity contribution >= 4 is 29.3 Å². The Morgan fingerprint density at radius 1 is 1.36 bits per heavy atom. The molecule has 3 N–H and O–H groups in total. The quantitative estimate of drug-likeness (QED) is 0.454. The minimum atomic E-state index is -0.286. The molecule has 120 valence electrons. The van der Waals surface area contributed by atoms with Gasteiger partial charge in [-0.2, -0.15) is 0 Å². The first kappa shape index (κ1) is 16.5. The van der Waals surface area contributed by atoms with Crippen LogP contribution >= 0.6 is 12.2 Å². The molecular weight excluding hydrogens is 298 g/mol. The van der Waals surface area contributed by atoms with Crippen LogP contribution in [0.1, 0.15) is 38.9 Å². The molecule has 1 aliphatic rings. The van der Waals surface area contributed by atoms with Gasteiger partial charge in [-0.3, -0.25) is 15.6 Å². The molecule has 6 heteroatoms. The highest BCUT2D eigenvalue weighted by Crippen LogP contribution is 2.29. The number of thiocarbonyl (C=S) groups is 1. The van der Waals surface area contributed by atoms with Crippen molar-refractivity contribution in [3.05, 3.63) is 30.2 Å². The molecule has 0 bridgehead atoms. The Hall–Kier alpha value is -1.82. The summed E-state index contributed by atoms with van der Waals surface area (Å²) in [7, 11) is 0. The van der Waals surface area contributed by atoms with Crippen molar-refractivity contribution in [1.29, 1.82) is 0 Å². The van der Waals surface area contributed by atoms with E-state index in [2.05, 4.69) is 30.0 Å². The number of hydrogen-bond acceptors (Lipinski definition) is 3. The Kier molecular flexibility index (Phi) is 6.00. The van der Waals surface area contributed by atoms with E-state index < -0.39 is 0 Å². The molecule has 22 heavy (non-hydrogen) atoms. The lowest BCUT2D eigenvalue weighted by Gasteiger charge is -2.35. The van der Waals surface area contributed by atoms with Crippen LogP contribution in [0.3, 0.4) is 0 Å². The van der Waals surface area contributed by atoms with Crippen LogP contribution in [0.15, 0.2) is 28.9 Å². The van der Waals surface area contributed by atoms with E-state index in [0.717, 1.165) is 6.42 Å². The van der Waals surface area contributed by atoms with Crippen LogP contribution < -0.4 is 16.2 Å². The molecule has 0 radical (unpaired) electrons. The lowest BCUT2D eigenvalue weighted by Crippen LogP contribution is -2.52. The second-order valence-corrected chi connectivity index (χ2v) is 6.22. The topological polar surface area (TPSA) is 66.3 Å². The predicted molar refractivity (Wildman–Crippen MR) is 90.7 cm³/mol. The first-order valence-electron chi connectivity index (χ1n) is 7.64. The van der Waals surface area contributed by atoms with Crippen LogP contribution in [-0.2, 0) is 4.79 Å². The van der Waals surface area contributed by atoms with Crippen molar-refractivity contribution in [2.75, 3.05) is 0 Å². The van der Waals surface area contributed by atoms with E-state index in [1.807, 2.05) is 0 Å². The zero-order valence-corrected chi connectivity index (χ0v) is 13.8. The highest BCUT2D eigenvalue weighted by molar-refractivity contribution is 7.80. The fourth-order valence-corrected chi connectivity index (χ4v) is 2.90. The van der Waals surface area contributed by atoms with Gasteiger partial charge in [0.15, 0.2) is 5.11 Å². The first-order chi connectivity index (χ1) is 10.6. The number of carbonyl (C=O) groups is 1. The maximum Gasteiger partial charge on any atom is 0.262 e. The summed E-state index contributed by atoms with van der Waals surface area (Å²) in [6.45, 7) is 4.52. The molecule has 1 heterocycles. The molecule has 1 aromatic rings. The third kappa shape index (κ3) is 4.87. The van der Waals surface area contributed by atoms with Crippen LogP contribution in [0.25, 0.3) is 6.08 Å². The van der Waals surface area contributed by atoms with Crippen molar-refractivity contribution in [3.63, 3.8) is 0 Å². The van der Waals surface area contributed by atoms with Crippen LogP contribution in [0.5, 0.6) is 0 Å². The molecule has 0 unspecified atom stereocenters. The number of rotatable bonds is 3. The summed E-state index contributed by atoms with van der Waals surface area (Å²) in [4.78, 5) is 11.7. The zero-order chi connectivity index (χ0) is 15.9. The minimum Gasteiger partial charge on any atom is -0.465 e. The molecule has 0 spiro atoms. The van der Waals surface area contributed by atoms with Gasteiger partial charge in [-0.1, -0.05) is 26.7 Å². The van der Waals surface area contributed by atoms with Crippen molar-refractivity contribution in [2.24, 2.45) is 11.8 Å². The second-order valence-electron chi connectivity index (χ2n) is 5.81. The van der Waals surface area contributed by atoms with Crippen molar-refractivity contribution in [1.82, 2.24) is 16.2 Å². The lowest BCUT2D eigenvalue weighted by molar-refractivity contribution is -0.117. The molecular formula is C16H23N3O2S. The highest BCUT2D eigenvalue weighted by Gasteiger charge is 2.27. The van der Waals surface area contributed by atoms with Crippen LogP contribution in [-0.4, -0.2) is 17.1 Å². The average Bonchev–Trinajstić information content (AvgIpc) is 3.01. The van der Waals surface area contributed by atoms with Gasteiger partial charge >= 0.3 is 0 Å². The standard InChI is InChI=1S/C16H23N3O2S/c1-11-5-3-7-14(12(11)2)17-16(22)19-18-15(20)9-8-13-6-4-10-21-13/h4,6,8-12,14H,3,5,7H2,1-2H3,(H,18,20)(H2,17,19,22)/b9-8+/t11-,12+,14-/m0/s1. The van der Waals surface area contributed by atoms with Crippen molar-refractivity contribution in [3.8, 4) is 0 Å². The second kappa shape index (κ2) is 7.98. The first-order valence-corrected chi connectivity index (χ1v) is 8.05. The van der Waals surface area contributed by atoms with Gasteiger partial charge in [0.1, 0.15) is 5.76 Å². The summed E-state index contributed by atoms with van der Waals surface area (Å²) < 4.78 is 5.11. The van der Waals surface area contributed by atoms with Gasteiger partial charge in [0, 0.05) is 12.1 Å². The van der Waals surface area contributed by atoms with Crippen LogP contribution in [0.2, 0.25) is 0 Å². The largest absolute Gasteiger partial charge is 0.465 e. The van der Waals surface area contributed by atoms with E-state index in [-0.39, 0.29) is 5.91 Å². The van der Waals surface area contributed by atoms with E-state index in [1.165, 1.54) is 18.9 Å². The average molecular weight is 321 g/mol. The number of nitrogens with one attached hydrogen (secondary N) is 3. The molecule has 2 rings (SSSR count). The Morgan fingerprint density at radius 3 is 2.91 bits per heavy atom. The van der Waals surface area contributed by atoms with Gasteiger partial charge in [-0.05, 0) is 48.7 Å². The number of hydrazine groups is 1. The fraction of sp³-hybridized carbons (Fsp3) is 0.500. The summed E-state index contributed by atoms with van der Waals surface area (Å²) in [6.07, 6.45) is 8.14. The molecule has 1 aliphatic carbocycles. The minimum absolute atomic E-state index is 0.286. The molecule has 0 aromatic carbocycles. The Bertz CT molecular complexity index is 528. The van der Waals surface area contributed by atoms with Gasteiger partial charge in [0.05, 0.1) is 6.26 Å². The summed E-state index contributed by atoms with van der Waals surface area (Å²) in [6, 6.07) is 3.90. The highest BCUT2D eigenvalue weighted by atomic mass is 32.1. The van der Waals surface area contributed by atoms with Crippen LogP contribution in [0.4, 0.5) is 0 Å². The van der Waals surface area contributed by atoms with E-state index in [9.17, 15) is 4.79 Å². The summed E-state index contributed by atoms with van der Waals surface area (Å²) >= 11 is 5.23. The molecule has 3 atom stereocenters. The van der Waals surface area contributed by atoms with E-state index >= 15 is 0 Å². The number of amides is 1. The fourth-order valence-electron chi connectivity index (χ4n) is 2.69. The number of carbonyl (C=O) groups excluding carboxylic acids is 1. The molecule has 1 amide bonds. The van der Waals surface area contributed by atoms with Gasteiger partial charge in [-0.15, -0.1) is 0 Å². The molecule has 5 nitrogen and oxygen atoms in total. The SMILES string of the molecule is C[C@H]1[C@@H](NC(=S)NNC(=O)/C=C/c2ccco2)CCC[C@@H]1C. The van der Waals surface area contributed by atoms with Gasteiger partial charge in [0.2, 0.25) is 0 Å². The summed E-state index contributed by atoms with van der Waals surface area (Å²) in [5, 5.41) is 3.74. The molecule has 1 fully saturated rings. The normalized spacial score (nSPS) is 24.9. The number of furan rings is 1. The van der Waals surface area contributed by atoms with Gasteiger partial charge < -0.3 is 9.73 Å². The Labute approximate surface area is 136 Å². The van der Waals surface area contributed by atoms with Gasteiger partial charge in [0.25, 0.3) is 5.91 Å². The van der Waals surface area contributed by atoms with E-state index in [0.29, 0.717) is 28.8 Å². The maximum atomic E-state index is 11.7. The summed E-state index contributed by atoms with van der Waals surface area (Å²) in [5.74, 6) is 1.61. The predicted octanol–water partition coefficient (Wildman–Crippen LogP) is 2.61. The number of hydrogen-bond donors (Lipinski definition) is 3. The van der Waals surface area contributed by atoms with E-state index in [4.69, 9.17) is 16.6 Å². The third-order valence-electron chi connectivity index (χ3n) is 4.26. The van der Waals surface area contributed by atoms with Gasteiger partial charge in [-0.25, -0.2) is 0 Å². The molecule has 0 saturated heterocycles. The molecule has 1 aromatic heterocycles. The molecule has 1 saturated carbocycles. The lowest BCUT2D eigenvalue weighted by atomic mass is 9.78. The third-order valence-corrected chi connectivity index (χ3v) is 4.48. The van der Waals surface area contributed by atoms with Crippen LogP contribution in [0, 0.1) is 11.8 Å². The maximum absolute atomic E-state index is 11.7. The summed E-state index contributed by atoms with van der Waals surface area (Å²) in [5.41, 5.74) is 5.27. The van der Waals surface area contributed by atoms with Crippen molar-refractivity contribution in [2.45, 2.75) is 39.2 Å². The Balaban J connectivity index is 1.72. The monoisotopic (exact) mass is 321 g/mol. The van der Waals surface area contributed by atoms with Crippen molar-refractivity contribution < 1.29 is 9.21 Å². The zero-order valence-electron chi connectivity index (χ0n) is 13.0. The Morgan fingerprint density at radius 2 is 2.18 bits per heavy atom. The smallest absolute Gasteiger partial charge is 0.262 e. The molecule has 0 aliphatic heterocycles.